The first-order chi connectivity index (χ1) is 17.4. The van der Waals surface area contributed by atoms with E-state index in [4.69, 9.17) is 0 Å². The van der Waals surface area contributed by atoms with Crippen molar-refractivity contribution < 1.29 is 0 Å². The number of hydrogen-bond donors (Lipinski definition) is 0. The highest BCUT2D eigenvalue weighted by Crippen LogP contribution is 2.45. The minimum Gasteiger partial charge on any atom is -0.309 e. The fraction of sp³-hybridized carbons (Fsp3) is 0. The molecule has 0 saturated heterocycles. The predicted octanol–water partition coefficient (Wildman–Crippen LogP) is 9.35. The van der Waals surface area contributed by atoms with Crippen molar-refractivity contribution in [1.82, 2.24) is 4.57 Å². The van der Waals surface area contributed by atoms with E-state index in [1.807, 2.05) is 0 Å². The van der Waals surface area contributed by atoms with Crippen LogP contribution in [0, 0.1) is 0 Å². The molecule has 7 aromatic carbocycles. The highest BCUT2D eigenvalue weighted by molar-refractivity contribution is 6.37. The fourth-order valence-electron chi connectivity index (χ4n) is 6.05. The normalized spacial score (nSPS) is 12.0. The van der Waals surface area contributed by atoms with Gasteiger partial charge in [-0.2, -0.15) is 0 Å². The van der Waals surface area contributed by atoms with Crippen molar-refractivity contribution in [3.63, 3.8) is 0 Å². The van der Waals surface area contributed by atoms with Gasteiger partial charge in [0, 0.05) is 21.8 Å². The molecule has 0 atom stereocenters. The van der Waals surface area contributed by atoms with E-state index in [1.54, 1.807) is 0 Å². The first-order valence-corrected chi connectivity index (χ1v) is 12.1. The summed E-state index contributed by atoms with van der Waals surface area (Å²) >= 11 is 0. The molecule has 8 rings (SSSR count). The lowest BCUT2D eigenvalue weighted by atomic mass is 9.91. The maximum atomic E-state index is 2.47. The average Bonchev–Trinajstić information content (AvgIpc) is 3.28. The van der Waals surface area contributed by atoms with E-state index in [0.717, 1.165) is 0 Å². The topological polar surface area (TPSA) is 4.93 Å². The second kappa shape index (κ2) is 6.94. The predicted molar refractivity (Wildman–Crippen MR) is 150 cm³/mol. The summed E-state index contributed by atoms with van der Waals surface area (Å²) in [6.07, 6.45) is 0. The lowest BCUT2D eigenvalue weighted by molar-refractivity contribution is 1.19. The summed E-state index contributed by atoms with van der Waals surface area (Å²) in [5.41, 5.74) is 6.17. The van der Waals surface area contributed by atoms with E-state index in [-0.39, 0.29) is 0 Å². The quantitative estimate of drug-likeness (QED) is 0.235. The lowest BCUT2D eigenvalue weighted by Crippen LogP contribution is -1.96. The first-order valence-electron chi connectivity index (χ1n) is 12.1. The molecule has 0 fully saturated rings. The average molecular weight is 444 g/mol. The van der Waals surface area contributed by atoms with Crippen LogP contribution in [-0.4, -0.2) is 4.57 Å². The summed E-state index contributed by atoms with van der Waals surface area (Å²) in [5, 5.41) is 10.6. The monoisotopic (exact) mass is 443 g/mol. The second-order valence-corrected chi connectivity index (χ2v) is 9.37. The second-order valence-electron chi connectivity index (χ2n) is 9.37. The largest absolute Gasteiger partial charge is 0.309 e. The molecule has 0 aliphatic rings. The molecule has 8 aromatic rings. The van der Waals surface area contributed by atoms with Gasteiger partial charge in [-0.3, -0.25) is 0 Å². The van der Waals surface area contributed by atoms with Gasteiger partial charge in [-0.15, -0.1) is 0 Å². The maximum absolute atomic E-state index is 2.47. The van der Waals surface area contributed by atoms with E-state index >= 15 is 0 Å². The summed E-state index contributed by atoms with van der Waals surface area (Å²) in [6, 6.07) is 46.4. The summed E-state index contributed by atoms with van der Waals surface area (Å²) < 4.78 is 2.47. The molecule has 1 heteroatoms. The van der Waals surface area contributed by atoms with Gasteiger partial charge in [0.2, 0.25) is 0 Å². The van der Waals surface area contributed by atoms with Gasteiger partial charge in [0.1, 0.15) is 0 Å². The van der Waals surface area contributed by atoms with Crippen LogP contribution in [0.1, 0.15) is 0 Å². The minimum absolute atomic E-state index is 1.19. The van der Waals surface area contributed by atoms with Crippen LogP contribution < -0.4 is 0 Å². The highest BCUT2D eigenvalue weighted by atomic mass is 15.0. The molecule has 162 valence electrons. The van der Waals surface area contributed by atoms with Gasteiger partial charge >= 0.3 is 0 Å². The molecular formula is C34H21N. The van der Waals surface area contributed by atoms with E-state index in [2.05, 4.69) is 132 Å². The van der Waals surface area contributed by atoms with Crippen molar-refractivity contribution in [2.24, 2.45) is 0 Å². The zero-order valence-electron chi connectivity index (χ0n) is 19.1. The molecule has 0 radical (unpaired) electrons. The molecular weight excluding hydrogens is 422 g/mol. The highest BCUT2D eigenvalue weighted by Gasteiger charge is 2.20. The number of para-hydroxylation sites is 1. The Morgan fingerprint density at radius 2 is 1.03 bits per heavy atom. The Balaban J connectivity index is 1.61. The van der Waals surface area contributed by atoms with Crippen LogP contribution in [-0.2, 0) is 0 Å². The van der Waals surface area contributed by atoms with Crippen molar-refractivity contribution >= 4 is 54.1 Å². The standard InChI is InChI=1S/C34H21N/c1-2-9-22(10-3-1)25-13-6-14-26(21-25)35-30-18-5-4-15-27(30)33-28-16-7-11-23-19-20-24-12-8-17-29(34(33)35)32(24)31(23)28/h1-21H. The number of aromatic nitrogens is 1. The summed E-state index contributed by atoms with van der Waals surface area (Å²) in [4.78, 5) is 0. The first kappa shape index (κ1) is 18.8. The molecule has 35 heavy (non-hydrogen) atoms. The summed E-state index contributed by atoms with van der Waals surface area (Å²) in [5.74, 6) is 0. The third-order valence-electron chi connectivity index (χ3n) is 7.50. The Kier molecular flexibility index (Phi) is 3.72. The van der Waals surface area contributed by atoms with Gasteiger partial charge in [-0.05, 0) is 56.3 Å². The Hall–Kier alpha value is -4.62. The number of hydrogen-bond acceptors (Lipinski definition) is 0. The number of fused-ring (bicyclic) bond motifs is 5. The summed E-state index contributed by atoms with van der Waals surface area (Å²) in [7, 11) is 0. The van der Waals surface area contributed by atoms with Crippen molar-refractivity contribution in [1.29, 1.82) is 0 Å². The molecule has 0 saturated carbocycles. The molecule has 0 bridgehead atoms. The van der Waals surface area contributed by atoms with Crippen LogP contribution in [0.4, 0.5) is 0 Å². The van der Waals surface area contributed by atoms with E-state index in [0.29, 0.717) is 0 Å². The summed E-state index contributed by atoms with van der Waals surface area (Å²) in [6.45, 7) is 0. The van der Waals surface area contributed by atoms with E-state index in [9.17, 15) is 0 Å². The van der Waals surface area contributed by atoms with Gasteiger partial charge in [0.25, 0.3) is 0 Å². The van der Waals surface area contributed by atoms with Gasteiger partial charge in [0.05, 0.1) is 11.0 Å². The fourth-order valence-corrected chi connectivity index (χ4v) is 6.05. The van der Waals surface area contributed by atoms with Crippen molar-refractivity contribution in [2.75, 3.05) is 0 Å². The van der Waals surface area contributed by atoms with Crippen LogP contribution in [0.15, 0.2) is 127 Å². The van der Waals surface area contributed by atoms with Crippen LogP contribution in [0.2, 0.25) is 0 Å². The van der Waals surface area contributed by atoms with Crippen LogP contribution in [0.3, 0.4) is 0 Å². The van der Waals surface area contributed by atoms with Crippen LogP contribution >= 0.6 is 0 Å². The third-order valence-corrected chi connectivity index (χ3v) is 7.50. The van der Waals surface area contributed by atoms with Crippen molar-refractivity contribution in [3.8, 4) is 16.8 Å². The van der Waals surface area contributed by atoms with Gasteiger partial charge in [-0.25, -0.2) is 0 Å². The van der Waals surface area contributed by atoms with Gasteiger partial charge in [0.15, 0.2) is 0 Å². The Labute approximate surface area is 202 Å². The Bertz CT molecular complexity index is 2040. The number of benzene rings is 7. The third kappa shape index (κ3) is 2.53. The Morgan fingerprint density at radius 1 is 0.400 bits per heavy atom. The molecule has 0 spiro atoms. The number of nitrogens with zero attached hydrogens (tertiary/aromatic N) is 1. The van der Waals surface area contributed by atoms with Crippen LogP contribution in [0.5, 0.6) is 0 Å². The number of rotatable bonds is 2. The zero-order chi connectivity index (χ0) is 22.9. The molecule has 1 nitrogen and oxygen atoms in total. The lowest BCUT2D eigenvalue weighted by Gasteiger charge is -2.15. The maximum Gasteiger partial charge on any atom is 0.0626 e. The smallest absolute Gasteiger partial charge is 0.0626 e. The van der Waals surface area contributed by atoms with Gasteiger partial charge < -0.3 is 4.57 Å². The molecule has 1 aromatic heterocycles. The van der Waals surface area contributed by atoms with Crippen LogP contribution in [0.25, 0.3) is 70.9 Å². The molecule has 0 unspecified atom stereocenters. The van der Waals surface area contributed by atoms with Gasteiger partial charge in [-0.1, -0.05) is 109 Å². The minimum atomic E-state index is 1.19. The van der Waals surface area contributed by atoms with E-state index in [1.165, 1.54) is 70.9 Å². The molecule has 0 N–H and O–H groups in total. The molecule has 0 amide bonds. The zero-order valence-corrected chi connectivity index (χ0v) is 19.1. The van der Waals surface area contributed by atoms with Crippen molar-refractivity contribution in [3.05, 3.63) is 127 Å². The SMILES string of the molecule is c1ccc(-c2cccc(-n3c4ccccc4c4c5cccc6ccc7cccc(c7c65)c43)c2)cc1. The molecule has 0 aliphatic carbocycles. The molecule has 1 heterocycles. The molecule has 0 aliphatic heterocycles. The van der Waals surface area contributed by atoms with E-state index < -0.39 is 0 Å². The Morgan fingerprint density at radius 3 is 1.86 bits per heavy atom. The van der Waals surface area contributed by atoms with Crippen molar-refractivity contribution in [2.45, 2.75) is 0 Å².